The molecule has 2 nitrogen and oxygen atoms in total. The minimum absolute atomic E-state index is 0.377. The first-order chi connectivity index (χ1) is 6.43. The smallest absolute Gasteiger partial charge is 0.0271 e. The molecule has 1 atom stereocenters. The molecular weight excluding hydrogens is 172 g/mol. The molecule has 1 aliphatic heterocycles. The number of rotatable bonds is 1. The Labute approximate surface area is 89.1 Å². The lowest BCUT2D eigenvalue weighted by Crippen LogP contribution is -2.50. The van der Waals surface area contributed by atoms with Gasteiger partial charge in [-0.1, -0.05) is 20.8 Å². The highest BCUT2D eigenvalue weighted by Gasteiger charge is 2.32. The molecule has 2 heteroatoms. The zero-order chi connectivity index (χ0) is 10.8. The fourth-order valence-electron chi connectivity index (χ4n) is 2.32. The summed E-state index contributed by atoms with van der Waals surface area (Å²) in [7, 11) is 0. The fourth-order valence-corrected chi connectivity index (χ4v) is 2.32. The predicted molar refractivity (Wildman–Crippen MR) is 62.6 cm³/mol. The highest BCUT2D eigenvalue weighted by Crippen LogP contribution is 2.26. The van der Waals surface area contributed by atoms with Crippen molar-refractivity contribution in [1.82, 2.24) is 10.2 Å². The molecule has 0 aromatic carbocycles. The monoisotopic (exact) mass is 198 g/mol. The van der Waals surface area contributed by atoms with E-state index >= 15 is 0 Å². The van der Waals surface area contributed by atoms with Crippen LogP contribution in [0.2, 0.25) is 0 Å². The van der Waals surface area contributed by atoms with Gasteiger partial charge in [0.15, 0.2) is 0 Å². The highest BCUT2D eigenvalue weighted by atomic mass is 15.2. The van der Waals surface area contributed by atoms with Gasteiger partial charge in [-0.05, 0) is 38.8 Å². The Kier molecular flexibility index (Phi) is 3.96. The first-order valence-corrected chi connectivity index (χ1v) is 5.89. The van der Waals surface area contributed by atoms with Gasteiger partial charge in [0.25, 0.3) is 0 Å². The van der Waals surface area contributed by atoms with Crippen molar-refractivity contribution in [2.75, 3.05) is 19.6 Å². The van der Waals surface area contributed by atoms with Crippen molar-refractivity contribution < 1.29 is 0 Å². The zero-order valence-corrected chi connectivity index (χ0v) is 10.4. The van der Waals surface area contributed by atoms with Gasteiger partial charge >= 0.3 is 0 Å². The van der Waals surface area contributed by atoms with Crippen LogP contribution in [0.4, 0.5) is 0 Å². The zero-order valence-electron chi connectivity index (χ0n) is 10.4. The van der Waals surface area contributed by atoms with Crippen molar-refractivity contribution in [3.63, 3.8) is 0 Å². The van der Waals surface area contributed by atoms with Crippen LogP contribution in [0.3, 0.4) is 0 Å². The van der Waals surface area contributed by atoms with E-state index in [4.69, 9.17) is 0 Å². The molecule has 1 N–H and O–H groups in total. The summed E-state index contributed by atoms with van der Waals surface area (Å²) in [6.45, 7) is 15.2. The molecule has 0 saturated carbocycles. The summed E-state index contributed by atoms with van der Waals surface area (Å²) >= 11 is 0. The van der Waals surface area contributed by atoms with Gasteiger partial charge in [0, 0.05) is 18.6 Å². The SMILES string of the molecule is CC(C)N1CCCNC[C@@H]1C(C)(C)C. The Balaban J connectivity index is 2.74. The van der Waals surface area contributed by atoms with Crippen molar-refractivity contribution >= 4 is 0 Å². The Morgan fingerprint density at radius 1 is 1.29 bits per heavy atom. The number of hydrogen-bond donors (Lipinski definition) is 1. The van der Waals surface area contributed by atoms with Crippen LogP contribution in [0.15, 0.2) is 0 Å². The average Bonchev–Trinajstić information content (AvgIpc) is 2.26. The Morgan fingerprint density at radius 2 is 1.93 bits per heavy atom. The normalized spacial score (nSPS) is 26.6. The summed E-state index contributed by atoms with van der Waals surface area (Å²) < 4.78 is 0. The van der Waals surface area contributed by atoms with E-state index in [0.717, 1.165) is 6.54 Å². The summed E-state index contributed by atoms with van der Waals surface area (Å²) in [5.41, 5.74) is 0.377. The van der Waals surface area contributed by atoms with Crippen LogP contribution in [0.25, 0.3) is 0 Å². The summed E-state index contributed by atoms with van der Waals surface area (Å²) in [4.78, 5) is 2.65. The molecule has 1 fully saturated rings. The standard InChI is InChI=1S/C12H26N2/c1-10(2)14-8-6-7-13-9-11(14)12(3,4)5/h10-11,13H,6-9H2,1-5H3/t11-/m1/s1. The van der Waals surface area contributed by atoms with Crippen molar-refractivity contribution in [1.29, 1.82) is 0 Å². The minimum Gasteiger partial charge on any atom is -0.315 e. The molecule has 0 spiro atoms. The molecule has 0 aromatic heterocycles. The van der Waals surface area contributed by atoms with Gasteiger partial charge in [0.1, 0.15) is 0 Å². The second kappa shape index (κ2) is 4.63. The van der Waals surface area contributed by atoms with E-state index in [2.05, 4.69) is 44.8 Å². The molecule has 1 rings (SSSR count). The lowest BCUT2D eigenvalue weighted by molar-refractivity contribution is 0.0808. The lowest BCUT2D eigenvalue weighted by Gasteiger charge is -2.41. The van der Waals surface area contributed by atoms with Crippen LogP contribution in [-0.4, -0.2) is 36.6 Å². The summed E-state index contributed by atoms with van der Waals surface area (Å²) in [5, 5.41) is 3.55. The van der Waals surface area contributed by atoms with Crippen LogP contribution in [-0.2, 0) is 0 Å². The van der Waals surface area contributed by atoms with Crippen molar-refractivity contribution in [2.45, 2.75) is 53.1 Å². The molecule has 14 heavy (non-hydrogen) atoms. The van der Waals surface area contributed by atoms with E-state index in [1.807, 2.05) is 0 Å². The van der Waals surface area contributed by atoms with Crippen molar-refractivity contribution in [3.05, 3.63) is 0 Å². The highest BCUT2D eigenvalue weighted by molar-refractivity contribution is 4.88. The first kappa shape index (κ1) is 12.0. The average molecular weight is 198 g/mol. The Bertz CT molecular complexity index is 170. The third-order valence-corrected chi connectivity index (χ3v) is 3.17. The molecule has 0 amide bonds. The Morgan fingerprint density at radius 3 is 2.43 bits per heavy atom. The van der Waals surface area contributed by atoms with Gasteiger partial charge in [-0.3, -0.25) is 4.90 Å². The molecule has 84 valence electrons. The molecule has 0 unspecified atom stereocenters. The van der Waals surface area contributed by atoms with E-state index in [9.17, 15) is 0 Å². The molecule has 1 saturated heterocycles. The number of hydrogen-bond acceptors (Lipinski definition) is 2. The van der Waals surface area contributed by atoms with Gasteiger partial charge in [0.2, 0.25) is 0 Å². The maximum absolute atomic E-state index is 3.55. The van der Waals surface area contributed by atoms with Gasteiger partial charge < -0.3 is 5.32 Å². The summed E-state index contributed by atoms with van der Waals surface area (Å²) in [6, 6.07) is 1.34. The minimum atomic E-state index is 0.377. The van der Waals surface area contributed by atoms with E-state index in [1.165, 1.54) is 19.5 Å². The van der Waals surface area contributed by atoms with Crippen molar-refractivity contribution in [2.24, 2.45) is 5.41 Å². The van der Waals surface area contributed by atoms with E-state index in [0.29, 0.717) is 17.5 Å². The van der Waals surface area contributed by atoms with Crippen molar-refractivity contribution in [3.8, 4) is 0 Å². The third-order valence-electron chi connectivity index (χ3n) is 3.17. The largest absolute Gasteiger partial charge is 0.315 e. The topological polar surface area (TPSA) is 15.3 Å². The maximum Gasteiger partial charge on any atom is 0.0271 e. The molecule has 1 aliphatic rings. The first-order valence-electron chi connectivity index (χ1n) is 5.89. The molecule has 0 aliphatic carbocycles. The van der Waals surface area contributed by atoms with Gasteiger partial charge in [-0.2, -0.15) is 0 Å². The maximum atomic E-state index is 3.55. The quantitative estimate of drug-likeness (QED) is 0.694. The lowest BCUT2D eigenvalue weighted by atomic mass is 9.85. The Hall–Kier alpha value is -0.0800. The third kappa shape index (κ3) is 2.96. The van der Waals surface area contributed by atoms with Crippen LogP contribution >= 0.6 is 0 Å². The van der Waals surface area contributed by atoms with Gasteiger partial charge in [-0.15, -0.1) is 0 Å². The molecule has 0 bridgehead atoms. The molecule has 0 aromatic rings. The van der Waals surface area contributed by atoms with Crippen LogP contribution in [0.5, 0.6) is 0 Å². The van der Waals surface area contributed by atoms with Crippen LogP contribution < -0.4 is 5.32 Å². The van der Waals surface area contributed by atoms with E-state index in [-0.39, 0.29) is 0 Å². The van der Waals surface area contributed by atoms with Crippen LogP contribution in [0, 0.1) is 5.41 Å². The molecule has 1 heterocycles. The second-order valence-electron chi connectivity index (χ2n) is 5.77. The predicted octanol–water partition coefficient (Wildman–Crippen LogP) is 2.10. The summed E-state index contributed by atoms with van der Waals surface area (Å²) in [6.07, 6.45) is 1.28. The fraction of sp³-hybridized carbons (Fsp3) is 1.00. The number of nitrogens with one attached hydrogen (secondary N) is 1. The van der Waals surface area contributed by atoms with E-state index in [1.54, 1.807) is 0 Å². The summed E-state index contributed by atoms with van der Waals surface area (Å²) in [5.74, 6) is 0. The number of nitrogens with zero attached hydrogens (tertiary/aromatic N) is 1. The second-order valence-corrected chi connectivity index (χ2v) is 5.77. The molecular formula is C12H26N2. The van der Waals surface area contributed by atoms with E-state index < -0.39 is 0 Å². The van der Waals surface area contributed by atoms with Crippen LogP contribution in [0.1, 0.15) is 41.0 Å². The van der Waals surface area contributed by atoms with Gasteiger partial charge in [0.05, 0.1) is 0 Å². The van der Waals surface area contributed by atoms with Gasteiger partial charge in [-0.25, -0.2) is 0 Å². The molecule has 0 radical (unpaired) electrons.